The Morgan fingerprint density at radius 1 is 1.00 bits per heavy atom. The summed E-state index contributed by atoms with van der Waals surface area (Å²) in [5.41, 5.74) is 2.54. The molecular formula is C16H24ClN3O. The molecule has 2 aliphatic rings. The Morgan fingerprint density at radius 2 is 1.71 bits per heavy atom. The second kappa shape index (κ2) is 7.56. The third-order valence-corrected chi connectivity index (χ3v) is 4.58. The minimum absolute atomic E-state index is 0.832. The van der Waals surface area contributed by atoms with E-state index >= 15 is 0 Å². The van der Waals surface area contributed by atoms with Crippen LogP contribution in [0.5, 0.6) is 0 Å². The van der Waals surface area contributed by atoms with E-state index in [2.05, 4.69) is 33.3 Å². The average Bonchev–Trinajstić information content (AvgIpc) is 2.52. The minimum Gasteiger partial charge on any atom is -0.379 e. The molecule has 116 valence electrons. The molecule has 2 saturated heterocycles. The molecule has 2 aliphatic heterocycles. The first-order chi connectivity index (χ1) is 10.3. The molecule has 0 amide bonds. The van der Waals surface area contributed by atoms with Crippen molar-refractivity contribution in [2.24, 2.45) is 0 Å². The van der Waals surface area contributed by atoms with Crippen molar-refractivity contribution >= 4 is 11.6 Å². The normalized spacial score (nSPS) is 21.6. The predicted octanol–water partition coefficient (Wildman–Crippen LogP) is 1.58. The van der Waals surface area contributed by atoms with Crippen molar-refractivity contribution in [3.8, 4) is 0 Å². The van der Waals surface area contributed by atoms with Gasteiger partial charge in [-0.25, -0.2) is 0 Å². The molecule has 2 heterocycles. The molecule has 0 aliphatic carbocycles. The van der Waals surface area contributed by atoms with Gasteiger partial charge in [0.1, 0.15) is 0 Å². The molecule has 1 aromatic rings. The van der Waals surface area contributed by atoms with Crippen molar-refractivity contribution in [1.29, 1.82) is 0 Å². The fourth-order valence-corrected chi connectivity index (χ4v) is 3.21. The molecule has 0 radical (unpaired) electrons. The van der Waals surface area contributed by atoms with Crippen LogP contribution < -0.4 is 5.32 Å². The molecule has 0 atom stereocenters. The van der Waals surface area contributed by atoms with Crippen LogP contribution in [0.3, 0.4) is 0 Å². The van der Waals surface area contributed by atoms with Gasteiger partial charge in [-0.2, -0.15) is 0 Å². The maximum Gasteiger partial charge on any atom is 0.0594 e. The Labute approximate surface area is 132 Å². The first-order valence-electron chi connectivity index (χ1n) is 7.82. The van der Waals surface area contributed by atoms with Gasteiger partial charge in [0.05, 0.1) is 13.2 Å². The van der Waals surface area contributed by atoms with Crippen LogP contribution in [0.1, 0.15) is 11.1 Å². The quantitative estimate of drug-likeness (QED) is 0.914. The Bertz CT molecular complexity index is 457. The molecule has 1 aromatic carbocycles. The number of piperazine rings is 1. The van der Waals surface area contributed by atoms with E-state index in [1.165, 1.54) is 11.1 Å². The number of rotatable bonds is 4. The van der Waals surface area contributed by atoms with E-state index in [1.807, 2.05) is 0 Å². The van der Waals surface area contributed by atoms with Crippen LogP contribution in [0.4, 0.5) is 0 Å². The van der Waals surface area contributed by atoms with E-state index < -0.39 is 0 Å². The summed E-state index contributed by atoms with van der Waals surface area (Å²) in [6.45, 7) is 10.00. The van der Waals surface area contributed by atoms with E-state index in [1.54, 1.807) is 0 Å². The highest BCUT2D eigenvalue weighted by molar-refractivity contribution is 6.31. The molecule has 2 fully saturated rings. The standard InChI is InChI=1S/C16H24ClN3O/c17-16-11-14(12-19-5-3-18-4-6-19)1-2-15(16)13-20-7-9-21-10-8-20/h1-2,11,18H,3-10,12-13H2. The fraction of sp³-hybridized carbons (Fsp3) is 0.625. The summed E-state index contributed by atoms with van der Waals surface area (Å²) in [5, 5.41) is 4.28. The van der Waals surface area contributed by atoms with Gasteiger partial charge in [0, 0.05) is 57.4 Å². The first-order valence-corrected chi connectivity index (χ1v) is 8.19. The maximum absolute atomic E-state index is 6.48. The van der Waals surface area contributed by atoms with Crippen molar-refractivity contribution in [3.05, 3.63) is 34.3 Å². The van der Waals surface area contributed by atoms with Crippen molar-refractivity contribution in [1.82, 2.24) is 15.1 Å². The van der Waals surface area contributed by atoms with E-state index in [-0.39, 0.29) is 0 Å². The zero-order chi connectivity index (χ0) is 14.5. The van der Waals surface area contributed by atoms with Crippen LogP contribution in [0.25, 0.3) is 0 Å². The Kier molecular flexibility index (Phi) is 5.49. The highest BCUT2D eigenvalue weighted by Gasteiger charge is 2.14. The summed E-state index contributed by atoms with van der Waals surface area (Å²) in [6, 6.07) is 6.55. The topological polar surface area (TPSA) is 27.7 Å². The SMILES string of the molecule is Clc1cc(CN2CCNCC2)ccc1CN1CCOCC1. The molecule has 1 N–H and O–H groups in total. The van der Waals surface area contributed by atoms with Gasteiger partial charge in [-0.15, -0.1) is 0 Å². The van der Waals surface area contributed by atoms with Crippen LogP contribution in [0.15, 0.2) is 18.2 Å². The largest absolute Gasteiger partial charge is 0.379 e. The van der Waals surface area contributed by atoms with Gasteiger partial charge in [0.2, 0.25) is 0 Å². The number of hydrogen-bond donors (Lipinski definition) is 1. The predicted molar refractivity (Wildman–Crippen MR) is 85.7 cm³/mol. The lowest BCUT2D eigenvalue weighted by atomic mass is 10.1. The number of ether oxygens (including phenoxy) is 1. The number of hydrogen-bond acceptors (Lipinski definition) is 4. The van der Waals surface area contributed by atoms with Crippen LogP contribution in [-0.2, 0) is 17.8 Å². The molecule has 0 unspecified atom stereocenters. The van der Waals surface area contributed by atoms with Gasteiger partial charge in [0.15, 0.2) is 0 Å². The minimum atomic E-state index is 0.832. The molecule has 3 rings (SSSR count). The Hall–Kier alpha value is -0.650. The Balaban J connectivity index is 1.59. The summed E-state index contributed by atoms with van der Waals surface area (Å²) in [7, 11) is 0. The van der Waals surface area contributed by atoms with Gasteiger partial charge in [-0.05, 0) is 17.2 Å². The van der Waals surface area contributed by atoms with Crippen LogP contribution in [0, 0.1) is 0 Å². The smallest absolute Gasteiger partial charge is 0.0594 e. The highest BCUT2D eigenvalue weighted by Crippen LogP contribution is 2.21. The van der Waals surface area contributed by atoms with Crippen molar-refractivity contribution in [2.75, 3.05) is 52.5 Å². The summed E-state index contributed by atoms with van der Waals surface area (Å²) in [5.74, 6) is 0. The molecule has 0 aromatic heterocycles. The van der Waals surface area contributed by atoms with Crippen molar-refractivity contribution in [3.63, 3.8) is 0 Å². The summed E-state index contributed by atoms with van der Waals surface area (Å²) >= 11 is 6.48. The highest BCUT2D eigenvalue weighted by atomic mass is 35.5. The van der Waals surface area contributed by atoms with Gasteiger partial charge in [0.25, 0.3) is 0 Å². The zero-order valence-electron chi connectivity index (χ0n) is 12.5. The van der Waals surface area contributed by atoms with E-state index in [4.69, 9.17) is 16.3 Å². The molecule has 0 bridgehead atoms. The number of halogens is 1. The van der Waals surface area contributed by atoms with E-state index in [9.17, 15) is 0 Å². The van der Waals surface area contributed by atoms with E-state index in [0.29, 0.717) is 0 Å². The lowest BCUT2D eigenvalue weighted by Crippen LogP contribution is -2.42. The molecular weight excluding hydrogens is 286 g/mol. The Morgan fingerprint density at radius 3 is 2.43 bits per heavy atom. The van der Waals surface area contributed by atoms with Crippen LogP contribution >= 0.6 is 11.6 Å². The molecule has 21 heavy (non-hydrogen) atoms. The monoisotopic (exact) mass is 309 g/mol. The van der Waals surface area contributed by atoms with Gasteiger partial charge < -0.3 is 10.1 Å². The first kappa shape index (κ1) is 15.3. The van der Waals surface area contributed by atoms with Crippen LogP contribution in [0.2, 0.25) is 5.02 Å². The molecule has 5 heteroatoms. The fourth-order valence-electron chi connectivity index (χ4n) is 2.95. The lowest BCUT2D eigenvalue weighted by molar-refractivity contribution is 0.0342. The van der Waals surface area contributed by atoms with Gasteiger partial charge >= 0.3 is 0 Å². The molecule has 0 spiro atoms. The third kappa shape index (κ3) is 4.41. The number of benzene rings is 1. The molecule has 4 nitrogen and oxygen atoms in total. The third-order valence-electron chi connectivity index (χ3n) is 4.23. The summed E-state index contributed by atoms with van der Waals surface area (Å²) < 4.78 is 5.39. The number of nitrogens with one attached hydrogen (secondary N) is 1. The second-order valence-corrected chi connectivity index (χ2v) is 6.25. The molecule has 0 saturated carbocycles. The summed E-state index contributed by atoms with van der Waals surface area (Å²) in [6.07, 6.45) is 0. The van der Waals surface area contributed by atoms with Crippen LogP contribution in [-0.4, -0.2) is 62.3 Å². The van der Waals surface area contributed by atoms with Crippen molar-refractivity contribution in [2.45, 2.75) is 13.1 Å². The van der Waals surface area contributed by atoms with E-state index in [0.717, 1.165) is 70.6 Å². The average molecular weight is 310 g/mol. The maximum atomic E-state index is 6.48. The van der Waals surface area contributed by atoms with Crippen molar-refractivity contribution < 1.29 is 4.74 Å². The lowest BCUT2D eigenvalue weighted by Gasteiger charge is -2.28. The summed E-state index contributed by atoms with van der Waals surface area (Å²) in [4.78, 5) is 4.88. The van der Waals surface area contributed by atoms with Gasteiger partial charge in [-0.1, -0.05) is 23.7 Å². The number of morpholine rings is 1. The number of nitrogens with zero attached hydrogens (tertiary/aromatic N) is 2. The van der Waals surface area contributed by atoms with Gasteiger partial charge in [-0.3, -0.25) is 9.80 Å². The zero-order valence-corrected chi connectivity index (χ0v) is 13.2. The second-order valence-electron chi connectivity index (χ2n) is 5.84.